The third-order valence-corrected chi connectivity index (χ3v) is 10.0. The number of carboxylic acid groups (broad SMARTS) is 1. The van der Waals surface area contributed by atoms with Crippen LogP contribution in [0.1, 0.15) is 71.1 Å². The van der Waals surface area contributed by atoms with Crippen molar-refractivity contribution in [1.29, 1.82) is 0 Å². The first-order valence-corrected chi connectivity index (χ1v) is 15.2. The van der Waals surface area contributed by atoms with Crippen LogP contribution in [0.15, 0.2) is 67.0 Å². The maximum Gasteiger partial charge on any atom is 0.335 e. The van der Waals surface area contributed by atoms with Gasteiger partial charge in [0.05, 0.1) is 17.5 Å². The van der Waals surface area contributed by atoms with E-state index in [1.165, 1.54) is 48.8 Å². The van der Waals surface area contributed by atoms with Gasteiger partial charge in [0, 0.05) is 62.4 Å². The fourth-order valence-corrected chi connectivity index (χ4v) is 8.04. The van der Waals surface area contributed by atoms with Crippen LogP contribution in [0.25, 0.3) is 0 Å². The van der Waals surface area contributed by atoms with E-state index < -0.39 is 5.97 Å². The lowest BCUT2D eigenvalue weighted by Gasteiger charge is -2.38. The molecule has 0 radical (unpaired) electrons. The lowest BCUT2D eigenvalue weighted by molar-refractivity contribution is -0.135. The number of carbonyl (C=O) groups is 2. The summed E-state index contributed by atoms with van der Waals surface area (Å²) in [5.41, 5.74) is 6.33. The molecule has 2 fully saturated rings. The Bertz CT molecular complexity index is 1430. The Morgan fingerprint density at radius 2 is 1.61 bits per heavy atom. The van der Waals surface area contributed by atoms with Gasteiger partial charge in [-0.1, -0.05) is 49.6 Å². The molecule has 7 rings (SSSR count). The number of nitrogens with zero attached hydrogens (tertiary/aromatic N) is 4. The molecule has 3 aromatic rings. The highest BCUT2D eigenvalue weighted by molar-refractivity contribution is 5.90. The average Bonchev–Trinajstić information content (AvgIpc) is 3.24. The quantitative estimate of drug-likeness (QED) is 0.461. The number of benzene rings is 2. The van der Waals surface area contributed by atoms with Gasteiger partial charge in [-0.2, -0.15) is 0 Å². The highest BCUT2D eigenvalue weighted by Gasteiger charge is 2.47. The van der Waals surface area contributed by atoms with Crippen LogP contribution in [0.4, 0.5) is 11.4 Å². The lowest BCUT2D eigenvalue weighted by Crippen LogP contribution is -2.51. The van der Waals surface area contributed by atoms with Crippen molar-refractivity contribution < 1.29 is 14.7 Å². The summed E-state index contributed by atoms with van der Waals surface area (Å²) in [5, 5.41) is 9.87. The van der Waals surface area contributed by atoms with Crippen LogP contribution in [0.3, 0.4) is 0 Å². The summed E-state index contributed by atoms with van der Waals surface area (Å²) in [5.74, 6) is 0.00846. The molecule has 1 aromatic heterocycles. The van der Waals surface area contributed by atoms with Gasteiger partial charge in [-0.3, -0.25) is 9.78 Å². The Morgan fingerprint density at radius 3 is 2.37 bits per heavy atom. The molecule has 2 aromatic carbocycles. The molecule has 1 saturated heterocycles. The van der Waals surface area contributed by atoms with Crippen molar-refractivity contribution in [2.45, 2.75) is 50.5 Å². The molecule has 1 N–H and O–H groups in total. The third kappa shape index (κ3) is 4.75. The molecule has 3 atom stereocenters. The number of hydrogen-bond acceptors (Lipinski definition) is 5. The summed E-state index contributed by atoms with van der Waals surface area (Å²) in [4.78, 5) is 37.2. The average molecular weight is 551 g/mol. The predicted octanol–water partition coefficient (Wildman–Crippen LogP) is 5.53. The minimum Gasteiger partial charge on any atom is -0.478 e. The molecule has 41 heavy (non-hydrogen) atoms. The van der Waals surface area contributed by atoms with Gasteiger partial charge in [0.2, 0.25) is 5.91 Å². The Kier molecular flexibility index (Phi) is 6.89. The van der Waals surface area contributed by atoms with Crippen LogP contribution >= 0.6 is 0 Å². The molecule has 3 aliphatic heterocycles. The second-order valence-electron chi connectivity index (χ2n) is 12.2. The van der Waals surface area contributed by atoms with E-state index in [9.17, 15) is 14.7 Å². The van der Waals surface area contributed by atoms with Crippen molar-refractivity contribution in [3.63, 3.8) is 0 Å². The van der Waals surface area contributed by atoms with Crippen LogP contribution in [0.5, 0.6) is 0 Å². The zero-order chi connectivity index (χ0) is 27.9. The molecular weight excluding hydrogens is 512 g/mol. The fourth-order valence-electron chi connectivity index (χ4n) is 8.04. The number of carbonyl (C=O) groups excluding carboxylic acids is 1. The first kappa shape index (κ1) is 26.1. The van der Waals surface area contributed by atoms with Crippen LogP contribution < -0.4 is 9.80 Å². The number of pyridine rings is 1. The molecular formula is C34H38N4O3. The maximum absolute atomic E-state index is 14.2. The number of piperazine rings is 1. The summed E-state index contributed by atoms with van der Waals surface area (Å²) in [6, 6.07) is 18.6. The monoisotopic (exact) mass is 550 g/mol. The highest BCUT2D eigenvalue weighted by atomic mass is 16.4. The molecule has 3 unspecified atom stereocenters. The Hall–Kier alpha value is -3.87. The van der Waals surface area contributed by atoms with Crippen molar-refractivity contribution in [3.8, 4) is 0 Å². The van der Waals surface area contributed by atoms with E-state index in [0.29, 0.717) is 37.0 Å². The number of aromatic nitrogens is 1. The number of hydrogen-bond donors (Lipinski definition) is 1. The van der Waals surface area contributed by atoms with E-state index in [1.54, 1.807) is 6.07 Å². The van der Waals surface area contributed by atoms with Gasteiger partial charge in [-0.25, -0.2) is 4.79 Å². The van der Waals surface area contributed by atoms with E-state index in [0.717, 1.165) is 30.9 Å². The zero-order valence-electron chi connectivity index (χ0n) is 23.5. The van der Waals surface area contributed by atoms with Crippen molar-refractivity contribution >= 4 is 23.3 Å². The van der Waals surface area contributed by atoms with Gasteiger partial charge in [0.15, 0.2) is 0 Å². The van der Waals surface area contributed by atoms with Crippen molar-refractivity contribution in [2.24, 2.45) is 11.8 Å². The first-order valence-electron chi connectivity index (χ1n) is 15.2. The van der Waals surface area contributed by atoms with E-state index in [-0.39, 0.29) is 17.9 Å². The van der Waals surface area contributed by atoms with Gasteiger partial charge in [-0.05, 0) is 66.1 Å². The second-order valence-corrected chi connectivity index (χ2v) is 12.2. The predicted molar refractivity (Wildman–Crippen MR) is 159 cm³/mol. The number of carboxylic acids is 1. The molecule has 1 saturated carbocycles. The van der Waals surface area contributed by atoms with E-state index in [2.05, 4.69) is 50.0 Å². The first-order chi connectivity index (χ1) is 20.1. The second kappa shape index (κ2) is 10.8. The minimum atomic E-state index is -0.902. The fraction of sp³-hybridized carbons (Fsp3) is 0.441. The molecule has 7 nitrogen and oxygen atoms in total. The van der Waals surface area contributed by atoms with Crippen molar-refractivity contribution in [3.05, 3.63) is 89.2 Å². The number of aromatic carboxylic acids is 1. The SMILES string of the molecule is O=C(O)c1ccc2c(c1)N1CC(C(=O)N3CCN(c4ccncc4)CC3)Cc3ccccc3C1C2C1CCCCC1. The number of amides is 1. The Labute approximate surface area is 241 Å². The van der Waals surface area contributed by atoms with E-state index in [4.69, 9.17) is 0 Å². The topological polar surface area (TPSA) is 77.0 Å². The molecule has 212 valence electrons. The van der Waals surface area contributed by atoms with Gasteiger partial charge in [0.1, 0.15) is 0 Å². The van der Waals surface area contributed by atoms with Crippen LogP contribution in [0.2, 0.25) is 0 Å². The number of anilines is 2. The maximum atomic E-state index is 14.2. The Morgan fingerprint density at radius 1 is 0.854 bits per heavy atom. The van der Waals surface area contributed by atoms with Gasteiger partial charge in [0.25, 0.3) is 0 Å². The van der Waals surface area contributed by atoms with Gasteiger partial charge in [-0.15, -0.1) is 0 Å². The number of fused-ring (bicyclic) bond motifs is 5. The normalized spacial score (nSPS) is 24.3. The van der Waals surface area contributed by atoms with Gasteiger partial charge >= 0.3 is 5.97 Å². The van der Waals surface area contributed by atoms with Crippen LogP contribution in [0, 0.1) is 11.8 Å². The third-order valence-electron chi connectivity index (χ3n) is 10.0. The van der Waals surface area contributed by atoms with Crippen molar-refractivity contribution in [2.75, 3.05) is 42.5 Å². The van der Waals surface area contributed by atoms with Gasteiger partial charge < -0.3 is 19.8 Å². The Balaban J connectivity index is 1.22. The van der Waals surface area contributed by atoms with Crippen LogP contribution in [-0.2, 0) is 11.2 Å². The van der Waals surface area contributed by atoms with Crippen LogP contribution in [-0.4, -0.2) is 59.6 Å². The summed E-state index contributed by atoms with van der Waals surface area (Å²) in [7, 11) is 0. The zero-order valence-corrected chi connectivity index (χ0v) is 23.5. The molecule has 1 amide bonds. The minimum absolute atomic E-state index is 0.134. The van der Waals surface area contributed by atoms with Crippen molar-refractivity contribution in [1.82, 2.24) is 9.88 Å². The molecule has 0 bridgehead atoms. The molecule has 7 heteroatoms. The standard InChI is InChI=1S/C34H38N4O3/c39-33(37-18-16-36(17-19-37)27-12-14-35-15-13-27)26-20-24-8-4-5-9-28(24)32-31(23-6-2-1-3-7-23)29-11-10-25(34(40)41)21-30(29)38(32)22-26/h4-5,8-15,21,23,26,31-32H,1-3,6-7,16-20,22H2,(H,40,41). The van der Waals surface area contributed by atoms with E-state index in [1.807, 2.05) is 30.6 Å². The smallest absolute Gasteiger partial charge is 0.335 e. The summed E-state index contributed by atoms with van der Waals surface area (Å²) >= 11 is 0. The molecule has 0 spiro atoms. The lowest BCUT2D eigenvalue weighted by atomic mass is 9.73. The van der Waals surface area contributed by atoms with E-state index >= 15 is 0 Å². The summed E-state index contributed by atoms with van der Waals surface area (Å²) in [6.45, 7) is 3.63. The molecule has 4 aliphatic rings. The molecule has 1 aliphatic carbocycles. The number of rotatable bonds is 4. The highest BCUT2D eigenvalue weighted by Crippen LogP contribution is 2.57. The summed E-state index contributed by atoms with van der Waals surface area (Å²) < 4.78 is 0. The largest absolute Gasteiger partial charge is 0.478 e. The molecule has 4 heterocycles. The summed E-state index contributed by atoms with van der Waals surface area (Å²) in [6.07, 6.45) is 10.6.